The largest absolute Gasteiger partial charge is 0.494 e. The number of halogens is 1. The van der Waals surface area contributed by atoms with Gasteiger partial charge in [0.25, 0.3) is 12.4 Å². The normalized spacial score (nSPS) is 21.5. The molecule has 2 aromatic rings. The van der Waals surface area contributed by atoms with E-state index in [1.807, 2.05) is 18.1 Å². The second-order valence-corrected chi connectivity index (χ2v) is 8.71. The fourth-order valence-corrected chi connectivity index (χ4v) is 4.60. The lowest BCUT2D eigenvalue weighted by atomic mass is 9.99. The summed E-state index contributed by atoms with van der Waals surface area (Å²) >= 11 is 0. The molecule has 4 rings (SSSR count). The number of carbonyl (C=O) groups excluding carboxylic acids is 1. The Balaban J connectivity index is 0.00000108. The average Bonchev–Trinajstić information content (AvgIpc) is 3.17. The minimum absolute atomic E-state index is 0.0623. The Kier molecular flexibility index (Phi) is 9.58. The first-order valence-electron chi connectivity index (χ1n) is 11.6. The van der Waals surface area contributed by atoms with Gasteiger partial charge < -0.3 is 24.4 Å². The molecule has 1 N–H and O–H groups in total. The van der Waals surface area contributed by atoms with E-state index in [0.717, 1.165) is 44.7 Å². The number of morpholine rings is 1. The third-order valence-corrected chi connectivity index (χ3v) is 6.33. The summed E-state index contributed by atoms with van der Waals surface area (Å²) in [5.74, 6) is -0.591. The summed E-state index contributed by atoms with van der Waals surface area (Å²) in [5.41, 5.74) is 1.33. The van der Waals surface area contributed by atoms with Gasteiger partial charge in [-0.1, -0.05) is 0 Å². The van der Waals surface area contributed by atoms with Crippen LogP contribution in [-0.4, -0.2) is 108 Å². The molecule has 11 heteroatoms. The quantitative estimate of drug-likeness (QED) is 0.628. The van der Waals surface area contributed by atoms with Crippen LogP contribution in [-0.2, 0) is 16.6 Å². The zero-order valence-electron chi connectivity index (χ0n) is 20.5. The molecule has 2 saturated heterocycles. The number of likely N-dealkylation sites (N-methyl/N-ethyl adjacent to an activating group) is 1. The molecule has 0 unspecified atom stereocenters. The van der Waals surface area contributed by atoms with Crippen molar-refractivity contribution in [1.82, 2.24) is 24.5 Å². The van der Waals surface area contributed by atoms with Crippen LogP contribution in [0.5, 0.6) is 5.75 Å². The van der Waals surface area contributed by atoms with Gasteiger partial charge in [-0.25, -0.2) is 4.39 Å². The molecule has 1 aromatic heterocycles. The van der Waals surface area contributed by atoms with E-state index in [4.69, 9.17) is 19.4 Å². The van der Waals surface area contributed by atoms with E-state index in [1.54, 1.807) is 10.9 Å². The maximum Gasteiger partial charge on any atom is 0.290 e. The topological polar surface area (TPSA) is 100 Å². The van der Waals surface area contributed by atoms with Gasteiger partial charge in [-0.2, -0.15) is 5.10 Å². The molecule has 0 bridgehead atoms. The predicted octanol–water partition coefficient (Wildman–Crippen LogP) is 1.49. The van der Waals surface area contributed by atoms with Crippen LogP contribution in [0.4, 0.5) is 4.39 Å². The minimum Gasteiger partial charge on any atom is -0.494 e. The maximum atomic E-state index is 13.9. The zero-order valence-corrected chi connectivity index (χ0v) is 20.5. The standard InChI is InChI=1S/C23H32FN5O3.CH2O2/c1-26-7-4-8-28(10-9-26)16-21-22(18-14-25-27(2)15-18)29(11-12-32-21)23(30)17-5-6-19(24)20(13-17)31-3;2-1-3/h5-6,13-15,21-22H,4,7-12,16H2,1-3H3;1H,(H,2,3)/t21-,22-;/m0./s1. The van der Waals surface area contributed by atoms with Crippen molar-refractivity contribution in [3.63, 3.8) is 0 Å². The number of rotatable bonds is 5. The van der Waals surface area contributed by atoms with Crippen LogP contribution in [0.3, 0.4) is 0 Å². The summed E-state index contributed by atoms with van der Waals surface area (Å²) < 4.78 is 27.0. The predicted molar refractivity (Wildman–Crippen MR) is 127 cm³/mol. The fraction of sp³-hybridized carbons (Fsp3) is 0.542. The third-order valence-electron chi connectivity index (χ3n) is 6.33. The molecule has 2 atom stereocenters. The van der Waals surface area contributed by atoms with Gasteiger partial charge in [0.05, 0.1) is 32.1 Å². The minimum atomic E-state index is -0.487. The summed E-state index contributed by atoms with van der Waals surface area (Å²) in [6.45, 7) is 5.49. The molecule has 35 heavy (non-hydrogen) atoms. The van der Waals surface area contributed by atoms with Crippen molar-refractivity contribution in [2.75, 3.05) is 60.0 Å². The van der Waals surface area contributed by atoms with Gasteiger partial charge in [0.1, 0.15) is 0 Å². The van der Waals surface area contributed by atoms with E-state index < -0.39 is 5.82 Å². The van der Waals surface area contributed by atoms with Crippen molar-refractivity contribution in [2.24, 2.45) is 7.05 Å². The third kappa shape index (κ3) is 6.77. The van der Waals surface area contributed by atoms with E-state index in [2.05, 4.69) is 21.9 Å². The van der Waals surface area contributed by atoms with Crippen LogP contribution in [0.1, 0.15) is 28.4 Å². The highest BCUT2D eigenvalue weighted by Crippen LogP contribution is 2.32. The first kappa shape index (κ1) is 26.6. The van der Waals surface area contributed by atoms with Crippen LogP contribution in [0.25, 0.3) is 0 Å². The molecule has 1 amide bonds. The number of aryl methyl sites for hydroxylation is 1. The summed E-state index contributed by atoms with van der Waals surface area (Å²) in [7, 11) is 5.41. The number of ether oxygens (including phenoxy) is 2. The molecule has 2 aliphatic rings. The van der Waals surface area contributed by atoms with Crippen molar-refractivity contribution < 1.29 is 28.6 Å². The maximum absolute atomic E-state index is 13.9. The Bertz CT molecular complexity index is 987. The first-order valence-corrected chi connectivity index (χ1v) is 11.6. The molecule has 0 spiro atoms. The van der Waals surface area contributed by atoms with E-state index in [1.165, 1.54) is 25.3 Å². The summed E-state index contributed by atoms with van der Waals surface area (Å²) in [5, 5.41) is 11.2. The summed E-state index contributed by atoms with van der Waals surface area (Å²) in [4.78, 5) is 28.5. The number of hydrogen-bond donors (Lipinski definition) is 1. The van der Waals surface area contributed by atoms with E-state index in [-0.39, 0.29) is 30.3 Å². The Labute approximate surface area is 204 Å². The van der Waals surface area contributed by atoms with Crippen LogP contribution in [0.15, 0.2) is 30.6 Å². The lowest BCUT2D eigenvalue weighted by Gasteiger charge is -2.42. The molecular formula is C24H34FN5O5. The highest BCUT2D eigenvalue weighted by atomic mass is 19.1. The molecule has 0 aliphatic carbocycles. The number of amides is 1. The lowest BCUT2D eigenvalue weighted by Crippen LogP contribution is -2.52. The number of nitrogens with zero attached hydrogens (tertiary/aromatic N) is 5. The first-order chi connectivity index (χ1) is 16.9. The summed E-state index contributed by atoms with van der Waals surface area (Å²) in [6, 6.07) is 3.97. The van der Waals surface area contributed by atoms with Crippen molar-refractivity contribution >= 4 is 12.4 Å². The molecule has 2 aliphatic heterocycles. The van der Waals surface area contributed by atoms with Crippen molar-refractivity contribution in [3.05, 3.63) is 47.5 Å². The molecule has 3 heterocycles. The van der Waals surface area contributed by atoms with Gasteiger partial charge in [-0.3, -0.25) is 19.2 Å². The summed E-state index contributed by atoms with van der Waals surface area (Å²) in [6.07, 6.45) is 4.67. The molecule has 2 fully saturated rings. The van der Waals surface area contributed by atoms with Crippen molar-refractivity contribution in [1.29, 1.82) is 0 Å². The number of methoxy groups -OCH3 is 1. The number of carbonyl (C=O) groups is 2. The van der Waals surface area contributed by atoms with Crippen molar-refractivity contribution in [2.45, 2.75) is 18.6 Å². The average molecular weight is 492 g/mol. The van der Waals surface area contributed by atoms with Crippen molar-refractivity contribution in [3.8, 4) is 5.75 Å². The van der Waals surface area contributed by atoms with Gasteiger partial charge >= 0.3 is 0 Å². The number of hydrogen-bond acceptors (Lipinski definition) is 7. The smallest absolute Gasteiger partial charge is 0.290 e. The second-order valence-electron chi connectivity index (χ2n) is 8.71. The Morgan fingerprint density at radius 1 is 1.26 bits per heavy atom. The molecule has 1 aromatic carbocycles. The van der Waals surface area contributed by atoms with E-state index in [0.29, 0.717) is 18.7 Å². The Hall–Kier alpha value is -3.02. The highest BCUT2D eigenvalue weighted by Gasteiger charge is 2.38. The number of aromatic nitrogens is 2. The van der Waals surface area contributed by atoms with Crippen LogP contribution in [0, 0.1) is 5.82 Å². The molecule has 192 valence electrons. The molecule has 0 saturated carbocycles. The number of benzene rings is 1. The van der Waals surface area contributed by atoms with Gasteiger partial charge in [0, 0.05) is 50.6 Å². The van der Waals surface area contributed by atoms with E-state index in [9.17, 15) is 9.18 Å². The van der Waals surface area contributed by atoms with E-state index >= 15 is 0 Å². The van der Waals surface area contributed by atoms with Crippen LogP contribution >= 0.6 is 0 Å². The molecule has 10 nitrogen and oxygen atoms in total. The zero-order chi connectivity index (χ0) is 25.4. The van der Waals surface area contributed by atoms with Gasteiger partial charge in [-0.15, -0.1) is 0 Å². The van der Waals surface area contributed by atoms with Gasteiger partial charge in [-0.05, 0) is 44.8 Å². The fourth-order valence-electron chi connectivity index (χ4n) is 4.60. The Morgan fingerprint density at radius 2 is 2.03 bits per heavy atom. The SMILES string of the molecule is COc1cc(C(=O)N2CCO[C@@H](CN3CCCN(C)CC3)[C@@H]2c2cnn(C)c2)ccc1F.O=CO. The highest BCUT2D eigenvalue weighted by molar-refractivity contribution is 5.95. The van der Waals surface area contributed by atoms with Crippen LogP contribution in [0.2, 0.25) is 0 Å². The van der Waals surface area contributed by atoms with Gasteiger partial charge in [0.15, 0.2) is 11.6 Å². The second kappa shape index (κ2) is 12.6. The molecule has 0 radical (unpaired) electrons. The lowest BCUT2D eigenvalue weighted by molar-refractivity contribution is -0.122. The Morgan fingerprint density at radius 3 is 2.71 bits per heavy atom. The molecular weight excluding hydrogens is 457 g/mol. The van der Waals surface area contributed by atoms with Gasteiger partial charge in [0.2, 0.25) is 0 Å². The van der Waals surface area contributed by atoms with Crippen LogP contribution < -0.4 is 4.74 Å². The number of carboxylic acid groups (broad SMARTS) is 1. The monoisotopic (exact) mass is 491 g/mol.